The number of nitrogens with one attached hydrogen (secondary N) is 1. The third-order valence-electron chi connectivity index (χ3n) is 1.63. The van der Waals surface area contributed by atoms with E-state index < -0.39 is 6.10 Å². The molecule has 2 N–H and O–H groups in total. The zero-order chi connectivity index (χ0) is 9.68. The van der Waals surface area contributed by atoms with E-state index in [1.165, 1.54) is 6.33 Å². The molecule has 5 heteroatoms. The van der Waals surface area contributed by atoms with E-state index in [9.17, 15) is 5.11 Å². The summed E-state index contributed by atoms with van der Waals surface area (Å²) in [5.74, 6) is 0. The highest BCUT2D eigenvalue weighted by atomic mass is 16.3. The quantitative estimate of drug-likeness (QED) is 0.656. The molecule has 0 saturated heterocycles. The van der Waals surface area contributed by atoms with Crippen LogP contribution in [0.25, 0.3) is 0 Å². The summed E-state index contributed by atoms with van der Waals surface area (Å²) in [4.78, 5) is 3.79. The summed E-state index contributed by atoms with van der Waals surface area (Å²) >= 11 is 0. The maximum absolute atomic E-state index is 9.52. The molecule has 0 aliphatic heterocycles. The molecule has 1 atom stereocenters. The second kappa shape index (κ2) is 4.94. The van der Waals surface area contributed by atoms with Gasteiger partial charge >= 0.3 is 0 Å². The summed E-state index contributed by atoms with van der Waals surface area (Å²) in [7, 11) is 0. The monoisotopic (exact) mass is 184 g/mol. The number of hydrogen-bond acceptors (Lipinski definition) is 4. The summed E-state index contributed by atoms with van der Waals surface area (Å²) in [6.07, 6.45) is 2.64. The van der Waals surface area contributed by atoms with Crippen LogP contribution in [0.15, 0.2) is 12.7 Å². The minimum absolute atomic E-state index is 0.394. The molecule has 0 bridgehead atoms. The van der Waals surface area contributed by atoms with Crippen molar-refractivity contribution in [3.63, 3.8) is 0 Å². The molecule has 1 rings (SSSR count). The third kappa shape index (κ3) is 4.00. The van der Waals surface area contributed by atoms with Gasteiger partial charge in [-0.15, -0.1) is 0 Å². The first-order valence-electron chi connectivity index (χ1n) is 4.42. The van der Waals surface area contributed by atoms with Crippen LogP contribution in [-0.4, -0.2) is 38.6 Å². The van der Waals surface area contributed by atoms with Crippen LogP contribution in [-0.2, 0) is 6.54 Å². The number of aliphatic hydroxyl groups excluding tert-OH is 1. The summed E-state index contributed by atoms with van der Waals surface area (Å²) in [6.45, 7) is 5.15. The standard InChI is InChI=1S/C8H16N4O/c1-7(2)10-3-8(13)4-12-6-9-5-11-12/h5-8,10,13H,3-4H2,1-2H3. The maximum Gasteiger partial charge on any atom is 0.137 e. The minimum atomic E-state index is -0.413. The van der Waals surface area contributed by atoms with Crippen molar-refractivity contribution < 1.29 is 5.11 Å². The van der Waals surface area contributed by atoms with Crippen molar-refractivity contribution in [3.8, 4) is 0 Å². The Morgan fingerprint density at radius 1 is 1.54 bits per heavy atom. The van der Waals surface area contributed by atoms with Gasteiger partial charge in [-0.05, 0) is 0 Å². The van der Waals surface area contributed by atoms with Crippen LogP contribution in [0.2, 0.25) is 0 Å². The molecule has 0 saturated carbocycles. The lowest BCUT2D eigenvalue weighted by molar-refractivity contribution is 0.144. The van der Waals surface area contributed by atoms with Crippen molar-refractivity contribution >= 4 is 0 Å². The highest BCUT2D eigenvalue weighted by Crippen LogP contribution is 1.88. The van der Waals surface area contributed by atoms with Gasteiger partial charge in [-0.2, -0.15) is 5.10 Å². The molecule has 1 unspecified atom stereocenters. The number of aliphatic hydroxyl groups is 1. The highest BCUT2D eigenvalue weighted by molar-refractivity contribution is 4.64. The van der Waals surface area contributed by atoms with Crippen molar-refractivity contribution in [2.45, 2.75) is 32.5 Å². The molecule has 0 aliphatic carbocycles. The lowest BCUT2D eigenvalue weighted by Gasteiger charge is -2.13. The van der Waals surface area contributed by atoms with E-state index in [-0.39, 0.29) is 0 Å². The molecule has 1 aromatic rings. The van der Waals surface area contributed by atoms with Gasteiger partial charge in [0.15, 0.2) is 0 Å². The van der Waals surface area contributed by atoms with Gasteiger partial charge in [-0.3, -0.25) is 4.68 Å². The zero-order valence-electron chi connectivity index (χ0n) is 8.01. The Morgan fingerprint density at radius 3 is 2.85 bits per heavy atom. The summed E-state index contributed by atoms with van der Waals surface area (Å²) in [5, 5.41) is 16.6. The Hall–Kier alpha value is -0.940. The van der Waals surface area contributed by atoms with E-state index in [0.717, 1.165) is 0 Å². The second-order valence-corrected chi connectivity index (χ2v) is 3.33. The molecule has 0 spiro atoms. The summed E-state index contributed by atoms with van der Waals surface area (Å²) in [5.41, 5.74) is 0. The molecule has 0 amide bonds. The fraction of sp³-hybridized carbons (Fsp3) is 0.750. The van der Waals surface area contributed by atoms with Gasteiger partial charge in [0, 0.05) is 12.6 Å². The van der Waals surface area contributed by atoms with Gasteiger partial charge in [0.2, 0.25) is 0 Å². The molecule has 1 aromatic heterocycles. The average Bonchev–Trinajstić information content (AvgIpc) is 2.53. The Kier molecular flexibility index (Phi) is 3.85. The van der Waals surface area contributed by atoms with Gasteiger partial charge < -0.3 is 10.4 Å². The SMILES string of the molecule is CC(C)NCC(O)Cn1cncn1. The second-order valence-electron chi connectivity index (χ2n) is 3.33. The van der Waals surface area contributed by atoms with E-state index in [1.807, 2.05) is 13.8 Å². The predicted molar refractivity (Wildman–Crippen MR) is 49.2 cm³/mol. The lowest BCUT2D eigenvalue weighted by atomic mass is 10.3. The van der Waals surface area contributed by atoms with Crippen LogP contribution in [0.3, 0.4) is 0 Å². The molecular formula is C8H16N4O. The number of hydrogen-bond donors (Lipinski definition) is 2. The first kappa shape index (κ1) is 10.1. The predicted octanol–water partition coefficient (Wildman–Crippen LogP) is -0.363. The molecular weight excluding hydrogens is 168 g/mol. The van der Waals surface area contributed by atoms with E-state index in [2.05, 4.69) is 15.4 Å². The number of nitrogens with zero attached hydrogens (tertiary/aromatic N) is 3. The first-order chi connectivity index (χ1) is 6.18. The normalized spacial score (nSPS) is 13.5. The molecule has 0 aromatic carbocycles. The topological polar surface area (TPSA) is 63.0 Å². The van der Waals surface area contributed by atoms with Crippen LogP contribution in [0.4, 0.5) is 0 Å². The number of aromatic nitrogens is 3. The minimum Gasteiger partial charge on any atom is -0.390 e. The van der Waals surface area contributed by atoms with Gasteiger partial charge in [-0.1, -0.05) is 13.8 Å². The van der Waals surface area contributed by atoms with Crippen LogP contribution < -0.4 is 5.32 Å². The van der Waals surface area contributed by atoms with Crippen molar-refractivity contribution in [1.29, 1.82) is 0 Å². The highest BCUT2D eigenvalue weighted by Gasteiger charge is 2.05. The first-order valence-corrected chi connectivity index (χ1v) is 4.42. The van der Waals surface area contributed by atoms with E-state index in [1.54, 1.807) is 11.0 Å². The van der Waals surface area contributed by atoms with Gasteiger partial charge in [0.1, 0.15) is 12.7 Å². The van der Waals surface area contributed by atoms with Crippen molar-refractivity contribution in [2.75, 3.05) is 6.54 Å². The van der Waals surface area contributed by atoms with E-state index in [0.29, 0.717) is 19.1 Å². The van der Waals surface area contributed by atoms with Gasteiger partial charge in [-0.25, -0.2) is 4.98 Å². The van der Waals surface area contributed by atoms with E-state index in [4.69, 9.17) is 0 Å². The molecule has 0 fully saturated rings. The van der Waals surface area contributed by atoms with E-state index >= 15 is 0 Å². The van der Waals surface area contributed by atoms with Gasteiger partial charge in [0.25, 0.3) is 0 Å². The average molecular weight is 184 g/mol. The van der Waals surface area contributed by atoms with Crippen LogP contribution in [0.5, 0.6) is 0 Å². The van der Waals surface area contributed by atoms with Crippen molar-refractivity contribution in [1.82, 2.24) is 20.1 Å². The Bertz CT molecular complexity index is 222. The molecule has 13 heavy (non-hydrogen) atoms. The van der Waals surface area contributed by atoms with Crippen molar-refractivity contribution in [2.24, 2.45) is 0 Å². The largest absolute Gasteiger partial charge is 0.390 e. The van der Waals surface area contributed by atoms with Crippen molar-refractivity contribution in [3.05, 3.63) is 12.7 Å². The molecule has 0 aliphatic rings. The van der Waals surface area contributed by atoms with Crippen LogP contribution in [0, 0.1) is 0 Å². The maximum atomic E-state index is 9.52. The summed E-state index contributed by atoms with van der Waals surface area (Å²) in [6, 6.07) is 0.394. The van der Waals surface area contributed by atoms with Gasteiger partial charge in [0.05, 0.1) is 12.6 Å². The zero-order valence-corrected chi connectivity index (χ0v) is 8.01. The Labute approximate surface area is 77.8 Å². The number of rotatable bonds is 5. The Balaban J connectivity index is 2.22. The smallest absolute Gasteiger partial charge is 0.137 e. The molecule has 5 nitrogen and oxygen atoms in total. The molecule has 74 valence electrons. The molecule has 1 heterocycles. The molecule has 0 radical (unpaired) electrons. The lowest BCUT2D eigenvalue weighted by Crippen LogP contribution is -2.34. The fourth-order valence-corrected chi connectivity index (χ4v) is 0.979. The summed E-state index contributed by atoms with van der Waals surface area (Å²) < 4.78 is 1.62. The third-order valence-corrected chi connectivity index (χ3v) is 1.63. The van der Waals surface area contributed by atoms with Crippen LogP contribution in [0.1, 0.15) is 13.8 Å². The fourth-order valence-electron chi connectivity index (χ4n) is 0.979. The Morgan fingerprint density at radius 2 is 2.31 bits per heavy atom. The van der Waals surface area contributed by atoms with Crippen LogP contribution >= 0.6 is 0 Å².